The lowest BCUT2D eigenvalue weighted by molar-refractivity contribution is -0.138. The minimum Gasteiger partial charge on any atom is -0.481 e. The maximum atomic E-state index is 12.7. The maximum absolute atomic E-state index is 12.7. The van der Waals surface area contributed by atoms with E-state index < -0.39 is 5.97 Å². The van der Waals surface area contributed by atoms with Crippen molar-refractivity contribution in [1.29, 1.82) is 0 Å². The van der Waals surface area contributed by atoms with E-state index in [2.05, 4.69) is 25.1 Å². The van der Waals surface area contributed by atoms with Crippen molar-refractivity contribution >= 4 is 17.8 Å². The summed E-state index contributed by atoms with van der Waals surface area (Å²) >= 11 is 0. The first kappa shape index (κ1) is 25.0. The van der Waals surface area contributed by atoms with E-state index in [9.17, 15) is 14.4 Å². The van der Waals surface area contributed by atoms with E-state index in [-0.39, 0.29) is 30.3 Å². The molecule has 4 rings (SSSR count). The Morgan fingerprint density at radius 1 is 0.943 bits per heavy atom. The number of benzene rings is 2. The third-order valence-electron chi connectivity index (χ3n) is 7.27. The monoisotopic (exact) mass is 477 g/mol. The zero-order valence-corrected chi connectivity index (χ0v) is 20.5. The molecule has 0 aromatic heterocycles. The smallest absolute Gasteiger partial charge is 0.410 e. The van der Waals surface area contributed by atoms with Gasteiger partial charge in [0.1, 0.15) is 11.9 Å². The van der Waals surface area contributed by atoms with E-state index in [4.69, 9.17) is 9.84 Å². The summed E-state index contributed by atoms with van der Waals surface area (Å²) in [7, 11) is 0. The van der Waals surface area contributed by atoms with Gasteiger partial charge in [0.2, 0.25) is 0 Å². The second-order valence-corrected chi connectivity index (χ2v) is 9.96. The van der Waals surface area contributed by atoms with Crippen LogP contribution in [0, 0.1) is 5.92 Å². The molecule has 186 valence electrons. The van der Waals surface area contributed by atoms with E-state index in [1.807, 2.05) is 24.3 Å². The number of fused-ring (bicyclic) bond motifs is 1. The molecule has 2 aromatic rings. The van der Waals surface area contributed by atoms with Crippen LogP contribution in [-0.4, -0.2) is 40.5 Å². The fraction of sp³-hybridized carbons (Fsp3) is 0.483. The van der Waals surface area contributed by atoms with Crippen molar-refractivity contribution in [2.45, 2.75) is 77.4 Å². The predicted molar refractivity (Wildman–Crippen MR) is 133 cm³/mol. The SMILES string of the molecule is CCc1cccc(CC(=O)Cc2ccc3c(c2)CCN(C(=O)OC2CCC(CC(=O)O)CC2)C3)c1. The average molecular weight is 478 g/mol. The van der Waals surface area contributed by atoms with Crippen LogP contribution in [0.3, 0.4) is 0 Å². The summed E-state index contributed by atoms with van der Waals surface area (Å²) in [6.45, 7) is 3.23. The molecule has 35 heavy (non-hydrogen) atoms. The molecule has 1 saturated carbocycles. The number of Topliss-reactive ketones (excluding diaryl/α,β-unsaturated/α-hetero) is 1. The van der Waals surface area contributed by atoms with Crippen LogP contribution >= 0.6 is 0 Å². The van der Waals surface area contributed by atoms with Gasteiger partial charge in [-0.2, -0.15) is 0 Å². The molecule has 1 fully saturated rings. The Morgan fingerprint density at radius 2 is 1.66 bits per heavy atom. The highest BCUT2D eigenvalue weighted by molar-refractivity contribution is 5.83. The number of hydrogen-bond donors (Lipinski definition) is 1. The summed E-state index contributed by atoms with van der Waals surface area (Å²) in [5.74, 6) is -0.365. The Morgan fingerprint density at radius 3 is 2.37 bits per heavy atom. The highest BCUT2D eigenvalue weighted by atomic mass is 16.6. The zero-order valence-electron chi connectivity index (χ0n) is 20.5. The van der Waals surface area contributed by atoms with Gasteiger partial charge in [-0.05, 0) is 72.3 Å². The molecule has 0 radical (unpaired) electrons. The van der Waals surface area contributed by atoms with Crippen molar-refractivity contribution in [3.8, 4) is 0 Å². The number of amides is 1. The topological polar surface area (TPSA) is 83.9 Å². The van der Waals surface area contributed by atoms with Crippen LogP contribution < -0.4 is 0 Å². The number of hydrogen-bond acceptors (Lipinski definition) is 4. The van der Waals surface area contributed by atoms with Crippen molar-refractivity contribution in [1.82, 2.24) is 4.90 Å². The Balaban J connectivity index is 1.27. The molecule has 1 aliphatic heterocycles. The van der Waals surface area contributed by atoms with Gasteiger partial charge in [0.05, 0.1) is 0 Å². The van der Waals surface area contributed by atoms with Crippen LogP contribution in [0.15, 0.2) is 42.5 Å². The lowest BCUT2D eigenvalue weighted by atomic mass is 9.85. The van der Waals surface area contributed by atoms with Gasteiger partial charge in [0.25, 0.3) is 0 Å². The molecule has 0 atom stereocenters. The van der Waals surface area contributed by atoms with Crippen molar-refractivity contribution in [3.05, 3.63) is 70.3 Å². The van der Waals surface area contributed by atoms with Gasteiger partial charge in [-0.1, -0.05) is 49.4 Å². The quantitative estimate of drug-likeness (QED) is 0.570. The number of rotatable bonds is 8. The van der Waals surface area contributed by atoms with Gasteiger partial charge < -0.3 is 14.7 Å². The van der Waals surface area contributed by atoms with Crippen molar-refractivity contribution < 1.29 is 24.2 Å². The summed E-state index contributed by atoms with van der Waals surface area (Å²) in [5, 5.41) is 8.96. The fourth-order valence-electron chi connectivity index (χ4n) is 5.27. The van der Waals surface area contributed by atoms with Crippen molar-refractivity contribution in [3.63, 3.8) is 0 Å². The molecular formula is C29H35NO5. The van der Waals surface area contributed by atoms with Gasteiger partial charge in [-0.3, -0.25) is 9.59 Å². The van der Waals surface area contributed by atoms with Crippen molar-refractivity contribution in [2.24, 2.45) is 5.92 Å². The Bertz CT molecular complexity index is 1070. The normalized spacial score (nSPS) is 19.6. The molecule has 1 aliphatic carbocycles. The molecular weight excluding hydrogens is 442 g/mol. The van der Waals surface area contributed by atoms with Gasteiger partial charge in [0, 0.05) is 32.4 Å². The molecule has 0 spiro atoms. The molecule has 1 heterocycles. The van der Waals surface area contributed by atoms with Gasteiger partial charge in [-0.15, -0.1) is 0 Å². The van der Waals surface area contributed by atoms with Crippen LogP contribution in [0.5, 0.6) is 0 Å². The number of nitrogens with zero attached hydrogens (tertiary/aromatic N) is 1. The minimum absolute atomic E-state index is 0.125. The van der Waals surface area contributed by atoms with E-state index >= 15 is 0 Å². The second-order valence-electron chi connectivity index (χ2n) is 9.96. The number of carboxylic acid groups (broad SMARTS) is 1. The molecule has 1 amide bonds. The first-order valence-corrected chi connectivity index (χ1v) is 12.8. The number of aryl methyl sites for hydroxylation is 1. The van der Waals surface area contributed by atoms with Crippen LogP contribution in [0.4, 0.5) is 4.79 Å². The van der Waals surface area contributed by atoms with Gasteiger partial charge in [0.15, 0.2) is 0 Å². The fourth-order valence-corrected chi connectivity index (χ4v) is 5.27. The zero-order chi connectivity index (χ0) is 24.8. The number of aliphatic carboxylic acids is 1. The number of carbonyl (C=O) groups is 3. The summed E-state index contributed by atoms with van der Waals surface area (Å²) < 4.78 is 5.74. The Hall–Kier alpha value is -3.15. The minimum atomic E-state index is -0.758. The Labute approximate surface area is 207 Å². The highest BCUT2D eigenvalue weighted by Crippen LogP contribution is 2.29. The third-order valence-corrected chi connectivity index (χ3v) is 7.27. The molecule has 2 aliphatic rings. The standard InChI is InChI=1S/C29H35NO5/c1-2-20-4-3-5-22(14-20)16-26(31)17-23-6-9-25-19-30(13-12-24(25)15-23)29(34)35-27-10-7-21(8-11-27)18-28(32)33/h3-6,9,14-15,21,27H,2,7-8,10-13,16-19H2,1H3,(H,32,33). The lowest BCUT2D eigenvalue weighted by Gasteiger charge is -2.32. The number of carbonyl (C=O) groups excluding carboxylic acids is 2. The van der Waals surface area contributed by atoms with Crippen molar-refractivity contribution in [2.75, 3.05) is 6.54 Å². The van der Waals surface area contributed by atoms with Crippen LogP contribution in [0.25, 0.3) is 0 Å². The first-order chi connectivity index (χ1) is 16.9. The summed E-state index contributed by atoms with van der Waals surface area (Å²) in [5.41, 5.74) is 5.64. The summed E-state index contributed by atoms with van der Waals surface area (Å²) in [4.78, 5) is 38.0. The van der Waals surface area contributed by atoms with Gasteiger partial charge >= 0.3 is 12.1 Å². The summed E-state index contributed by atoms with van der Waals surface area (Å²) in [6, 6.07) is 14.4. The van der Waals surface area contributed by atoms with E-state index in [0.717, 1.165) is 55.2 Å². The summed E-state index contributed by atoms with van der Waals surface area (Å²) in [6.07, 6.45) is 5.40. The third kappa shape index (κ3) is 6.93. The predicted octanol–water partition coefficient (Wildman–Crippen LogP) is 5.13. The average Bonchev–Trinajstić information content (AvgIpc) is 2.84. The van der Waals surface area contributed by atoms with Gasteiger partial charge in [-0.25, -0.2) is 4.79 Å². The highest BCUT2D eigenvalue weighted by Gasteiger charge is 2.28. The molecule has 2 aromatic carbocycles. The second kappa shape index (κ2) is 11.5. The maximum Gasteiger partial charge on any atom is 0.410 e. The van der Waals surface area contributed by atoms with Crippen LogP contribution in [0.1, 0.15) is 66.8 Å². The molecule has 0 bridgehead atoms. The first-order valence-electron chi connectivity index (χ1n) is 12.8. The van der Waals surface area contributed by atoms with E-state index in [0.29, 0.717) is 25.9 Å². The van der Waals surface area contributed by atoms with Crippen LogP contribution in [0.2, 0.25) is 0 Å². The molecule has 6 nitrogen and oxygen atoms in total. The largest absolute Gasteiger partial charge is 0.481 e. The Kier molecular flexibility index (Phi) is 8.21. The lowest BCUT2D eigenvalue weighted by Crippen LogP contribution is -2.39. The number of carboxylic acids is 1. The number of ketones is 1. The number of ether oxygens (including phenoxy) is 1. The van der Waals surface area contributed by atoms with Crippen LogP contribution in [-0.2, 0) is 46.6 Å². The molecule has 6 heteroatoms. The van der Waals surface area contributed by atoms with E-state index in [1.54, 1.807) is 4.90 Å². The van der Waals surface area contributed by atoms with E-state index in [1.165, 1.54) is 11.1 Å². The molecule has 1 N–H and O–H groups in total. The molecule has 0 unspecified atom stereocenters. The molecule has 0 saturated heterocycles.